The molecule has 0 spiro atoms. The summed E-state index contributed by atoms with van der Waals surface area (Å²) < 4.78 is 33.1. The Hall–Kier alpha value is -2.56. The van der Waals surface area contributed by atoms with E-state index in [1.807, 2.05) is 37.3 Å². The molecule has 2 saturated heterocycles. The molecule has 2 N–H and O–H groups in total. The lowest BCUT2D eigenvalue weighted by atomic mass is 10.1. The Bertz CT molecular complexity index is 1130. The summed E-state index contributed by atoms with van der Waals surface area (Å²) >= 11 is 0. The minimum Gasteiger partial charge on any atom is -0.373 e. The van der Waals surface area contributed by atoms with E-state index in [0.29, 0.717) is 32.5 Å². The lowest BCUT2D eigenvalue weighted by Crippen LogP contribution is -2.53. The number of nitrogens with one attached hydrogen (secondary N) is 2. The number of aromatic nitrogens is 1. The summed E-state index contributed by atoms with van der Waals surface area (Å²) in [5.74, 6) is -1.09. The number of carbonyl (C=O) groups excluding carboxylic acids is 2. The third-order valence-electron chi connectivity index (χ3n) is 5.79. The van der Waals surface area contributed by atoms with Gasteiger partial charge in [0.05, 0.1) is 24.0 Å². The van der Waals surface area contributed by atoms with Crippen LogP contribution in [0.15, 0.2) is 30.3 Å². The molecule has 2 aromatic rings. The van der Waals surface area contributed by atoms with Crippen LogP contribution in [-0.2, 0) is 26.2 Å². The van der Waals surface area contributed by atoms with Crippen molar-refractivity contribution in [3.8, 4) is 0 Å². The van der Waals surface area contributed by atoms with Crippen molar-refractivity contribution < 1.29 is 22.7 Å². The number of sulfonamides is 1. The molecule has 166 valence electrons. The highest BCUT2D eigenvalue weighted by molar-refractivity contribution is 7.89. The van der Waals surface area contributed by atoms with E-state index < -0.39 is 33.3 Å². The second-order valence-corrected chi connectivity index (χ2v) is 10.3. The van der Waals surface area contributed by atoms with E-state index in [9.17, 15) is 18.0 Å². The van der Waals surface area contributed by atoms with Crippen molar-refractivity contribution in [1.82, 2.24) is 19.9 Å². The first-order valence-corrected chi connectivity index (χ1v) is 11.9. The van der Waals surface area contributed by atoms with E-state index in [0.717, 1.165) is 22.2 Å². The van der Waals surface area contributed by atoms with Crippen LogP contribution in [0.4, 0.5) is 4.79 Å². The van der Waals surface area contributed by atoms with Gasteiger partial charge >= 0.3 is 6.03 Å². The third-order valence-corrected chi connectivity index (χ3v) is 7.88. The van der Waals surface area contributed by atoms with Crippen LogP contribution >= 0.6 is 0 Å². The molecule has 1 aromatic heterocycles. The van der Waals surface area contributed by atoms with Crippen LogP contribution in [0.1, 0.15) is 31.0 Å². The predicted octanol–water partition coefficient (Wildman–Crippen LogP) is 1.45. The number of imide groups is 1. The molecule has 1 aromatic carbocycles. The van der Waals surface area contributed by atoms with Crippen molar-refractivity contribution in [3.63, 3.8) is 0 Å². The highest BCUT2D eigenvalue weighted by Gasteiger charge is 2.46. The molecule has 2 aliphatic heterocycles. The molecule has 0 bridgehead atoms. The molecule has 1 atom stereocenters. The number of aryl methyl sites for hydroxylation is 1. The Morgan fingerprint density at radius 3 is 2.61 bits per heavy atom. The van der Waals surface area contributed by atoms with E-state index in [4.69, 9.17) is 4.74 Å². The molecule has 0 saturated carbocycles. The number of rotatable bonds is 6. The normalized spacial score (nSPS) is 23.2. The molecule has 10 heteroatoms. The van der Waals surface area contributed by atoms with Gasteiger partial charge in [-0.2, -0.15) is 0 Å². The summed E-state index contributed by atoms with van der Waals surface area (Å²) in [6.45, 7) is 4.43. The van der Waals surface area contributed by atoms with Crippen molar-refractivity contribution in [3.05, 3.63) is 41.6 Å². The topological polar surface area (TPSA) is 118 Å². The molecule has 31 heavy (non-hydrogen) atoms. The lowest BCUT2D eigenvalue weighted by Gasteiger charge is -2.33. The van der Waals surface area contributed by atoms with Gasteiger partial charge in [0.1, 0.15) is 5.54 Å². The number of hydrogen-bond acceptors (Lipinski definition) is 6. The number of carbonyl (C=O) groups is 2. The van der Waals surface area contributed by atoms with Crippen LogP contribution in [0.2, 0.25) is 0 Å². The Labute approximate surface area is 181 Å². The number of fused-ring (bicyclic) bond motifs is 1. The van der Waals surface area contributed by atoms with Crippen molar-refractivity contribution >= 4 is 32.9 Å². The number of para-hydroxylation sites is 1. The number of benzene rings is 1. The molecule has 0 aliphatic carbocycles. The average Bonchev–Trinajstić information content (AvgIpc) is 2.96. The summed E-state index contributed by atoms with van der Waals surface area (Å²) in [6.07, 6.45) is 1.08. The van der Waals surface area contributed by atoms with Crippen LogP contribution in [0.5, 0.6) is 0 Å². The fraction of sp³-hybridized carbons (Fsp3) is 0.476. The zero-order chi connectivity index (χ0) is 22.2. The van der Waals surface area contributed by atoms with E-state index >= 15 is 0 Å². The van der Waals surface area contributed by atoms with Gasteiger partial charge in [0, 0.05) is 24.2 Å². The van der Waals surface area contributed by atoms with Crippen LogP contribution in [0.25, 0.3) is 10.9 Å². The Balaban J connectivity index is 1.35. The third kappa shape index (κ3) is 4.56. The standard InChI is InChI=1S/C21H26N4O5S/c1-14-11-15(17-5-3-4-6-18(17)22-14)12-30-16-7-9-25(10-8-16)31(28,29)13-21(2)19(26)23-20(27)24-21/h3-6,11,16H,7-10,12-13H2,1-2H3,(H2,23,24,26,27). The van der Waals surface area contributed by atoms with Gasteiger partial charge in [0.2, 0.25) is 10.0 Å². The SMILES string of the molecule is Cc1cc(COC2CCN(S(=O)(=O)CC3(C)NC(=O)NC3=O)CC2)c2ccccc2n1. The van der Waals surface area contributed by atoms with Gasteiger partial charge in [-0.1, -0.05) is 18.2 Å². The Kier molecular flexibility index (Phi) is 5.71. The molecule has 4 rings (SSSR count). The van der Waals surface area contributed by atoms with Crippen LogP contribution in [0.3, 0.4) is 0 Å². The van der Waals surface area contributed by atoms with Crippen LogP contribution in [-0.4, -0.2) is 60.1 Å². The summed E-state index contributed by atoms with van der Waals surface area (Å²) in [7, 11) is -3.71. The van der Waals surface area contributed by atoms with Gasteiger partial charge in [0.15, 0.2) is 0 Å². The van der Waals surface area contributed by atoms with Gasteiger partial charge in [-0.3, -0.25) is 15.1 Å². The summed E-state index contributed by atoms with van der Waals surface area (Å²) in [4.78, 5) is 27.9. The van der Waals surface area contributed by atoms with Crippen molar-refractivity contribution in [2.45, 2.75) is 44.9 Å². The van der Waals surface area contributed by atoms with Crippen LogP contribution < -0.4 is 10.6 Å². The van der Waals surface area contributed by atoms with E-state index in [1.54, 1.807) is 0 Å². The predicted molar refractivity (Wildman–Crippen MR) is 115 cm³/mol. The number of piperidine rings is 1. The molecular weight excluding hydrogens is 420 g/mol. The van der Waals surface area contributed by atoms with Gasteiger partial charge in [-0.15, -0.1) is 0 Å². The van der Waals surface area contributed by atoms with Crippen molar-refractivity contribution in [2.75, 3.05) is 18.8 Å². The van der Waals surface area contributed by atoms with Gasteiger partial charge in [-0.05, 0) is 44.4 Å². The molecule has 3 amide bonds. The maximum absolute atomic E-state index is 12.8. The maximum atomic E-state index is 12.8. The van der Waals surface area contributed by atoms with Gasteiger partial charge < -0.3 is 10.1 Å². The minimum atomic E-state index is -3.71. The fourth-order valence-electron chi connectivity index (χ4n) is 4.14. The number of ether oxygens (including phenoxy) is 1. The highest BCUT2D eigenvalue weighted by Crippen LogP contribution is 2.24. The number of nitrogens with zero attached hydrogens (tertiary/aromatic N) is 2. The largest absolute Gasteiger partial charge is 0.373 e. The molecule has 9 nitrogen and oxygen atoms in total. The van der Waals surface area contributed by atoms with Crippen molar-refractivity contribution in [2.24, 2.45) is 0 Å². The first-order chi connectivity index (χ1) is 14.7. The molecule has 0 radical (unpaired) electrons. The molecule has 2 aliphatic rings. The van der Waals surface area contributed by atoms with E-state index in [1.165, 1.54) is 11.2 Å². The van der Waals surface area contributed by atoms with Crippen molar-refractivity contribution in [1.29, 1.82) is 0 Å². The Morgan fingerprint density at radius 2 is 1.94 bits per heavy atom. The first-order valence-electron chi connectivity index (χ1n) is 10.2. The average molecular weight is 447 g/mol. The minimum absolute atomic E-state index is 0.0521. The molecule has 1 unspecified atom stereocenters. The summed E-state index contributed by atoms with van der Waals surface area (Å²) in [5, 5.41) is 5.55. The summed E-state index contributed by atoms with van der Waals surface area (Å²) in [5.41, 5.74) is 1.46. The smallest absolute Gasteiger partial charge is 0.322 e. The second kappa shape index (κ2) is 8.18. The zero-order valence-electron chi connectivity index (χ0n) is 17.6. The highest BCUT2D eigenvalue weighted by atomic mass is 32.2. The summed E-state index contributed by atoms with van der Waals surface area (Å²) in [6, 6.07) is 9.27. The quantitative estimate of drug-likeness (QED) is 0.649. The number of hydrogen-bond donors (Lipinski definition) is 2. The lowest BCUT2D eigenvalue weighted by molar-refractivity contribution is -0.122. The van der Waals surface area contributed by atoms with E-state index in [-0.39, 0.29) is 6.10 Å². The van der Waals surface area contributed by atoms with Crippen LogP contribution in [0, 0.1) is 6.92 Å². The van der Waals surface area contributed by atoms with E-state index in [2.05, 4.69) is 15.6 Å². The van der Waals surface area contributed by atoms with Gasteiger partial charge in [0.25, 0.3) is 5.91 Å². The molecular formula is C21H26N4O5S. The monoisotopic (exact) mass is 446 g/mol. The second-order valence-electron chi connectivity index (χ2n) is 8.35. The maximum Gasteiger partial charge on any atom is 0.322 e. The number of amides is 3. The zero-order valence-corrected chi connectivity index (χ0v) is 18.4. The molecule has 2 fully saturated rings. The first kappa shape index (κ1) is 21.7. The molecule has 3 heterocycles. The number of pyridine rings is 1. The van der Waals surface area contributed by atoms with Gasteiger partial charge in [-0.25, -0.2) is 17.5 Å². The number of urea groups is 1. The Morgan fingerprint density at radius 1 is 1.23 bits per heavy atom. The fourth-order valence-corrected chi connectivity index (χ4v) is 6.02.